The minimum atomic E-state index is 0. The molecule has 1 aromatic rings. The number of methoxy groups -OCH3 is 1. The maximum Gasteiger partial charge on any atom is 0.191 e. The van der Waals surface area contributed by atoms with Gasteiger partial charge in [0.15, 0.2) is 5.96 Å². The molecular weight excluding hydrogens is 427 g/mol. The predicted molar refractivity (Wildman–Crippen MR) is 115 cm³/mol. The lowest BCUT2D eigenvalue weighted by molar-refractivity contribution is 0.141. The lowest BCUT2D eigenvalue weighted by Crippen LogP contribution is -2.39. The van der Waals surface area contributed by atoms with E-state index in [1.54, 1.807) is 7.11 Å². The molecule has 0 unspecified atom stereocenters. The number of pyridine rings is 1. The molecule has 1 heterocycles. The highest BCUT2D eigenvalue weighted by Crippen LogP contribution is 2.41. The van der Waals surface area contributed by atoms with Crippen molar-refractivity contribution in [1.29, 1.82) is 0 Å². The highest BCUT2D eigenvalue weighted by Gasteiger charge is 2.33. The minimum absolute atomic E-state index is 0. The van der Waals surface area contributed by atoms with E-state index >= 15 is 0 Å². The van der Waals surface area contributed by atoms with E-state index < -0.39 is 0 Å². The maximum atomic E-state index is 5.31. The van der Waals surface area contributed by atoms with Crippen LogP contribution in [0, 0.1) is 5.41 Å². The first kappa shape index (κ1) is 22.2. The molecule has 0 radical (unpaired) electrons. The molecule has 1 fully saturated rings. The van der Waals surface area contributed by atoms with Crippen LogP contribution in [0.5, 0.6) is 0 Å². The standard InChI is InChI=1S/C19H32N4O.HI/c1-3-20-18(22-14-9-17-8-4-7-13-21-17)23-16-19(12-15-24-2)10-5-6-11-19;/h4,7-8,13H,3,5-6,9-12,14-16H2,1-2H3,(H2,20,22,23);1H. The number of aliphatic imine (C=N–C) groups is 1. The summed E-state index contributed by atoms with van der Waals surface area (Å²) in [5, 5.41) is 6.79. The monoisotopic (exact) mass is 460 g/mol. The number of nitrogens with one attached hydrogen (secondary N) is 2. The van der Waals surface area contributed by atoms with E-state index in [2.05, 4.69) is 28.6 Å². The first-order valence-electron chi connectivity index (χ1n) is 9.19. The van der Waals surface area contributed by atoms with Crippen LogP contribution in [0.15, 0.2) is 29.4 Å². The fraction of sp³-hybridized carbons (Fsp3) is 0.684. The number of aromatic nitrogens is 1. The molecule has 1 aromatic heterocycles. The number of hydrogen-bond donors (Lipinski definition) is 2. The van der Waals surface area contributed by atoms with E-state index in [1.165, 1.54) is 25.7 Å². The van der Waals surface area contributed by atoms with Crippen molar-refractivity contribution >= 4 is 29.9 Å². The molecule has 142 valence electrons. The van der Waals surface area contributed by atoms with Crippen LogP contribution in [0.4, 0.5) is 0 Å². The molecule has 0 amide bonds. The van der Waals surface area contributed by atoms with Crippen LogP contribution < -0.4 is 10.6 Å². The summed E-state index contributed by atoms with van der Waals surface area (Å²) in [6, 6.07) is 6.04. The highest BCUT2D eigenvalue weighted by molar-refractivity contribution is 14.0. The van der Waals surface area contributed by atoms with Crippen LogP contribution >= 0.6 is 24.0 Å². The Kier molecular flexibility index (Phi) is 11.0. The third kappa shape index (κ3) is 7.90. The van der Waals surface area contributed by atoms with Gasteiger partial charge < -0.3 is 15.4 Å². The molecule has 5 nitrogen and oxygen atoms in total. The lowest BCUT2D eigenvalue weighted by Gasteiger charge is -2.27. The Morgan fingerprint density at radius 1 is 1.28 bits per heavy atom. The number of ether oxygens (including phenoxy) is 1. The number of nitrogens with zero attached hydrogens (tertiary/aromatic N) is 2. The minimum Gasteiger partial charge on any atom is -0.385 e. The van der Waals surface area contributed by atoms with Gasteiger partial charge in [0.25, 0.3) is 0 Å². The number of halogens is 1. The van der Waals surface area contributed by atoms with Gasteiger partial charge in [0, 0.05) is 51.7 Å². The molecule has 25 heavy (non-hydrogen) atoms. The van der Waals surface area contributed by atoms with Gasteiger partial charge >= 0.3 is 0 Å². The molecule has 1 aliphatic carbocycles. The van der Waals surface area contributed by atoms with E-state index in [0.717, 1.165) is 50.7 Å². The fourth-order valence-electron chi connectivity index (χ4n) is 3.37. The van der Waals surface area contributed by atoms with Gasteiger partial charge in [-0.25, -0.2) is 0 Å². The van der Waals surface area contributed by atoms with Crippen molar-refractivity contribution in [3.05, 3.63) is 30.1 Å². The Hall–Kier alpha value is -0.890. The summed E-state index contributed by atoms with van der Waals surface area (Å²) < 4.78 is 5.31. The number of rotatable bonds is 9. The van der Waals surface area contributed by atoms with Crippen molar-refractivity contribution in [3.63, 3.8) is 0 Å². The molecule has 0 bridgehead atoms. The second-order valence-corrected chi connectivity index (χ2v) is 6.64. The van der Waals surface area contributed by atoms with E-state index in [1.807, 2.05) is 18.3 Å². The Balaban J connectivity index is 0.00000312. The van der Waals surface area contributed by atoms with Crippen LogP contribution in [0.25, 0.3) is 0 Å². The number of hydrogen-bond acceptors (Lipinski definition) is 3. The van der Waals surface area contributed by atoms with Gasteiger partial charge in [-0.05, 0) is 43.7 Å². The van der Waals surface area contributed by atoms with Crippen LogP contribution in [0.2, 0.25) is 0 Å². The Labute approximate surface area is 169 Å². The van der Waals surface area contributed by atoms with Crippen molar-refractivity contribution in [2.45, 2.75) is 45.4 Å². The van der Waals surface area contributed by atoms with Crippen LogP contribution in [0.3, 0.4) is 0 Å². The Bertz CT molecular complexity index is 489. The topological polar surface area (TPSA) is 58.5 Å². The third-order valence-electron chi connectivity index (χ3n) is 4.82. The van der Waals surface area contributed by atoms with E-state index in [9.17, 15) is 0 Å². The molecule has 0 atom stereocenters. The fourth-order valence-corrected chi connectivity index (χ4v) is 3.37. The molecule has 0 aliphatic heterocycles. The van der Waals surface area contributed by atoms with Crippen molar-refractivity contribution in [1.82, 2.24) is 15.6 Å². The van der Waals surface area contributed by atoms with Gasteiger partial charge in [0.2, 0.25) is 0 Å². The third-order valence-corrected chi connectivity index (χ3v) is 4.82. The Morgan fingerprint density at radius 2 is 2.08 bits per heavy atom. The van der Waals surface area contributed by atoms with Gasteiger partial charge in [-0.15, -0.1) is 24.0 Å². The van der Waals surface area contributed by atoms with Crippen molar-refractivity contribution in [2.24, 2.45) is 10.4 Å². The zero-order valence-corrected chi connectivity index (χ0v) is 17.9. The number of guanidine groups is 1. The summed E-state index contributed by atoms with van der Waals surface area (Å²) in [5.41, 5.74) is 1.44. The molecule has 0 aromatic carbocycles. The quantitative estimate of drug-likeness (QED) is 0.337. The zero-order chi connectivity index (χ0) is 17.1. The summed E-state index contributed by atoms with van der Waals surface area (Å²) in [6.07, 6.45) is 9.04. The molecule has 6 heteroatoms. The molecule has 0 spiro atoms. The maximum absolute atomic E-state index is 5.31. The van der Waals surface area contributed by atoms with Crippen LogP contribution in [-0.4, -0.2) is 44.3 Å². The van der Waals surface area contributed by atoms with Gasteiger partial charge in [-0.2, -0.15) is 0 Å². The van der Waals surface area contributed by atoms with Gasteiger partial charge in [0.05, 0.1) is 0 Å². The SMILES string of the molecule is CCNC(=NCC1(CCOC)CCCC1)NCCc1ccccn1.I. The first-order valence-corrected chi connectivity index (χ1v) is 9.19. The van der Waals surface area contributed by atoms with Gasteiger partial charge in [-0.3, -0.25) is 9.98 Å². The summed E-state index contributed by atoms with van der Waals surface area (Å²) in [4.78, 5) is 9.23. The Morgan fingerprint density at radius 3 is 2.72 bits per heavy atom. The van der Waals surface area contributed by atoms with Gasteiger partial charge in [0.1, 0.15) is 0 Å². The van der Waals surface area contributed by atoms with Crippen LogP contribution in [0.1, 0.15) is 44.7 Å². The van der Waals surface area contributed by atoms with Crippen molar-refractivity contribution in [2.75, 3.05) is 33.4 Å². The molecule has 1 aliphatic rings. The molecule has 1 saturated carbocycles. The average Bonchev–Trinajstić information content (AvgIpc) is 3.08. The largest absolute Gasteiger partial charge is 0.385 e. The summed E-state index contributed by atoms with van der Waals surface area (Å²) in [7, 11) is 1.79. The van der Waals surface area contributed by atoms with E-state index in [0.29, 0.717) is 5.41 Å². The zero-order valence-electron chi connectivity index (χ0n) is 15.6. The molecule has 2 N–H and O–H groups in total. The smallest absolute Gasteiger partial charge is 0.191 e. The average molecular weight is 460 g/mol. The lowest BCUT2D eigenvalue weighted by atomic mass is 9.83. The van der Waals surface area contributed by atoms with Crippen molar-refractivity contribution < 1.29 is 4.74 Å². The van der Waals surface area contributed by atoms with E-state index in [4.69, 9.17) is 9.73 Å². The highest BCUT2D eigenvalue weighted by atomic mass is 127. The summed E-state index contributed by atoms with van der Waals surface area (Å²) in [6.45, 7) is 5.54. The van der Waals surface area contributed by atoms with Crippen molar-refractivity contribution in [3.8, 4) is 0 Å². The van der Waals surface area contributed by atoms with Crippen LogP contribution in [-0.2, 0) is 11.2 Å². The predicted octanol–water partition coefficient (Wildman–Crippen LogP) is 3.39. The first-order chi connectivity index (χ1) is 11.8. The normalized spacial score (nSPS) is 16.3. The van der Waals surface area contributed by atoms with E-state index in [-0.39, 0.29) is 24.0 Å². The summed E-state index contributed by atoms with van der Waals surface area (Å²) in [5.74, 6) is 0.914. The summed E-state index contributed by atoms with van der Waals surface area (Å²) >= 11 is 0. The molecule has 0 saturated heterocycles. The molecule has 2 rings (SSSR count). The molecular formula is C19H33IN4O. The second kappa shape index (κ2) is 12.5. The second-order valence-electron chi connectivity index (χ2n) is 6.64. The van der Waals surface area contributed by atoms with Gasteiger partial charge in [-0.1, -0.05) is 18.9 Å².